The number of hydrogen-bond donors (Lipinski definition) is 0. The molecule has 84 valence electrons. The molecule has 1 heteroatoms. The number of carbonyl (C=O) groups is 1. The van der Waals surface area contributed by atoms with Crippen LogP contribution in [0.1, 0.15) is 31.4 Å². The third kappa shape index (κ3) is 1.35. The van der Waals surface area contributed by atoms with E-state index in [-0.39, 0.29) is 5.78 Å². The van der Waals surface area contributed by atoms with Crippen LogP contribution in [0.2, 0.25) is 0 Å². The summed E-state index contributed by atoms with van der Waals surface area (Å²) in [5, 5.41) is 0. The number of carbonyl (C=O) groups excluding carboxylic acids is 1. The Labute approximate surface area is 101 Å². The lowest BCUT2D eigenvalue weighted by atomic mass is 9.86. The summed E-state index contributed by atoms with van der Waals surface area (Å²) in [7, 11) is 0. The van der Waals surface area contributed by atoms with Gasteiger partial charge in [-0.2, -0.15) is 0 Å². The van der Waals surface area contributed by atoms with E-state index < -0.39 is 0 Å². The Morgan fingerprint density at radius 3 is 2.59 bits per heavy atom. The van der Waals surface area contributed by atoms with Gasteiger partial charge in [-0.25, -0.2) is 0 Å². The van der Waals surface area contributed by atoms with Gasteiger partial charge in [-0.15, -0.1) is 0 Å². The Morgan fingerprint density at radius 1 is 1.06 bits per heavy atom. The zero-order valence-corrected chi connectivity index (χ0v) is 10.1. The molecule has 0 unspecified atom stereocenters. The van der Waals surface area contributed by atoms with E-state index in [1.807, 2.05) is 25.1 Å². The molecule has 1 nitrogen and oxygen atoms in total. The topological polar surface area (TPSA) is 17.1 Å². The van der Waals surface area contributed by atoms with Gasteiger partial charge in [0, 0.05) is 11.1 Å². The quantitative estimate of drug-likeness (QED) is 0.706. The van der Waals surface area contributed by atoms with Crippen LogP contribution in [0.4, 0.5) is 0 Å². The molecule has 0 saturated heterocycles. The van der Waals surface area contributed by atoms with E-state index in [0.717, 1.165) is 28.7 Å². The van der Waals surface area contributed by atoms with Crippen molar-refractivity contribution in [3.63, 3.8) is 0 Å². The molecule has 0 spiro atoms. The van der Waals surface area contributed by atoms with Crippen molar-refractivity contribution in [3.8, 4) is 0 Å². The third-order valence-corrected chi connectivity index (χ3v) is 3.61. The molecule has 0 atom stereocenters. The van der Waals surface area contributed by atoms with Crippen LogP contribution in [0.3, 0.4) is 0 Å². The van der Waals surface area contributed by atoms with Gasteiger partial charge in [0.2, 0.25) is 0 Å². The molecule has 0 fully saturated rings. The standard InChI is InChI=1S/C16H14O/c1-3-11-8-14-13-7-5-4-6-12(13)9-15(14)16(17)10(11)2/h4-9H,3H2,1-2H3. The van der Waals surface area contributed by atoms with Gasteiger partial charge in [-0.3, -0.25) is 4.79 Å². The molecule has 0 radical (unpaired) electrons. The minimum absolute atomic E-state index is 0.190. The lowest BCUT2D eigenvalue weighted by Gasteiger charge is -2.16. The van der Waals surface area contributed by atoms with Crippen molar-refractivity contribution in [2.45, 2.75) is 20.3 Å². The predicted molar refractivity (Wildman–Crippen MR) is 70.4 cm³/mol. The van der Waals surface area contributed by atoms with Crippen molar-refractivity contribution in [1.29, 1.82) is 0 Å². The maximum absolute atomic E-state index is 12.3. The van der Waals surface area contributed by atoms with E-state index in [1.54, 1.807) is 0 Å². The first-order valence-corrected chi connectivity index (χ1v) is 6.00. The zero-order valence-electron chi connectivity index (χ0n) is 10.1. The number of ketones is 1. The van der Waals surface area contributed by atoms with Gasteiger partial charge in [0.05, 0.1) is 0 Å². The summed E-state index contributed by atoms with van der Waals surface area (Å²) in [5.74, 6) is 0.190. The number of Topliss-reactive ketones (excluding diaryl/α,β-unsaturated/α-hetero) is 1. The highest BCUT2D eigenvalue weighted by molar-refractivity contribution is 6.26. The van der Waals surface area contributed by atoms with E-state index in [4.69, 9.17) is 0 Å². The summed E-state index contributed by atoms with van der Waals surface area (Å²) in [5.41, 5.74) is 6.38. The molecule has 17 heavy (non-hydrogen) atoms. The average molecular weight is 222 g/mol. The van der Waals surface area contributed by atoms with Crippen molar-refractivity contribution in [2.24, 2.45) is 0 Å². The summed E-state index contributed by atoms with van der Waals surface area (Å²) in [6.45, 7) is 4.02. The SMILES string of the molecule is CCC1=C(C)C(=O)C2=Cc3ccccc3C2=C1. The highest BCUT2D eigenvalue weighted by Gasteiger charge is 2.28. The fourth-order valence-corrected chi connectivity index (χ4v) is 2.59. The second kappa shape index (κ2) is 3.56. The summed E-state index contributed by atoms with van der Waals surface area (Å²) < 4.78 is 0. The maximum Gasteiger partial charge on any atom is 0.189 e. The lowest BCUT2D eigenvalue weighted by Crippen LogP contribution is -2.10. The van der Waals surface area contributed by atoms with E-state index in [9.17, 15) is 4.79 Å². The van der Waals surface area contributed by atoms with Gasteiger partial charge >= 0.3 is 0 Å². The van der Waals surface area contributed by atoms with Gasteiger partial charge in [0.25, 0.3) is 0 Å². The first kappa shape index (κ1) is 10.3. The second-order valence-corrected chi connectivity index (χ2v) is 4.54. The smallest absolute Gasteiger partial charge is 0.189 e. The number of fused-ring (bicyclic) bond motifs is 3. The fraction of sp³-hybridized carbons (Fsp3) is 0.188. The van der Waals surface area contributed by atoms with Crippen molar-refractivity contribution in [1.82, 2.24) is 0 Å². The van der Waals surface area contributed by atoms with Crippen molar-refractivity contribution >= 4 is 17.4 Å². The molecule has 2 aliphatic carbocycles. The van der Waals surface area contributed by atoms with E-state index >= 15 is 0 Å². The van der Waals surface area contributed by atoms with Gasteiger partial charge in [-0.05, 0) is 41.7 Å². The summed E-state index contributed by atoms with van der Waals surface area (Å²) >= 11 is 0. The minimum atomic E-state index is 0.190. The van der Waals surface area contributed by atoms with E-state index in [1.165, 1.54) is 11.1 Å². The molecule has 2 aliphatic rings. The molecule has 0 aliphatic heterocycles. The van der Waals surface area contributed by atoms with Crippen LogP contribution in [-0.2, 0) is 4.79 Å². The fourth-order valence-electron chi connectivity index (χ4n) is 2.59. The molecule has 0 N–H and O–H groups in total. The molecule has 3 rings (SSSR count). The molecule has 0 heterocycles. The molecule has 0 amide bonds. The number of benzene rings is 1. The van der Waals surface area contributed by atoms with Crippen LogP contribution >= 0.6 is 0 Å². The van der Waals surface area contributed by atoms with Crippen molar-refractivity contribution in [2.75, 3.05) is 0 Å². The second-order valence-electron chi connectivity index (χ2n) is 4.54. The minimum Gasteiger partial charge on any atom is -0.289 e. The van der Waals surface area contributed by atoms with Gasteiger partial charge in [0.1, 0.15) is 0 Å². The monoisotopic (exact) mass is 222 g/mol. The predicted octanol–water partition coefficient (Wildman–Crippen LogP) is 3.78. The average Bonchev–Trinajstić information content (AvgIpc) is 2.72. The molecule has 0 aromatic heterocycles. The number of rotatable bonds is 1. The zero-order chi connectivity index (χ0) is 12.0. The van der Waals surface area contributed by atoms with Gasteiger partial charge < -0.3 is 0 Å². The number of hydrogen-bond acceptors (Lipinski definition) is 1. The normalized spacial score (nSPS) is 17.6. The third-order valence-electron chi connectivity index (χ3n) is 3.61. The van der Waals surface area contributed by atoms with Crippen molar-refractivity contribution in [3.05, 3.63) is 58.2 Å². The molecule has 0 saturated carbocycles. The first-order valence-electron chi connectivity index (χ1n) is 6.00. The number of allylic oxidation sites excluding steroid dienone is 5. The highest BCUT2D eigenvalue weighted by atomic mass is 16.1. The Balaban J connectivity index is 2.24. The Hall–Kier alpha value is -1.89. The Morgan fingerprint density at radius 2 is 1.82 bits per heavy atom. The van der Waals surface area contributed by atoms with Crippen LogP contribution in [0.25, 0.3) is 11.6 Å². The summed E-state index contributed by atoms with van der Waals surface area (Å²) in [6, 6.07) is 8.19. The molecular weight excluding hydrogens is 208 g/mol. The van der Waals surface area contributed by atoms with Crippen LogP contribution in [0, 0.1) is 0 Å². The molecule has 1 aromatic rings. The van der Waals surface area contributed by atoms with Gasteiger partial charge in [0.15, 0.2) is 5.78 Å². The van der Waals surface area contributed by atoms with Crippen LogP contribution in [0.5, 0.6) is 0 Å². The molecule has 1 aromatic carbocycles. The summed E-state index contributed by atoms with van der Waals surface area (Å²) in [4.78, 5) is 12.3. The Kier molecular flexibility index (Phi) is 2.15. The lowest BCUT2D eigenvalue weighted by molar-refractivity contribution is -0.111. The van der Waals surface area contributed by atoms with Crippen LogP contribution in [-0.4, -0.2) is 5.78 Å². The van der Waals surface area contributed by atoms with Gasteiger partial charge in [-0.1, -0.05) is 37.3 Å². The van der Waals surface area contributed by atoms with E-state index in [2.05, 4.69) is 25.1 Å². The van der Waals surface area contributed by atoms with Crippen molar-refractivity contribution < 1.29 is 4.79 Å². The highest BCUT2D eigenvalue weighted by Crippen LogP contribution is 2.41. The first-order chi connectivity index (χ1) is 8.22. The van der Waals surface area contributed by atoms with Crippen LogP contribution < -0.4 is 0 Å². The van der Waals surface area contributed by atoms with E-state index in [0.29, 0.717) is 0 Å². The summed E-state index contributed by atoms with van der Waals surface area (Å²) in [6.07, 6.45) is 5.10. The maximum atomic E-state index is 12.3. The van der Waals surface area contributed by atoms with Crippen LogP contribution in [0.15, 0.2) is 47.1 Å². The Bertz CT molecular complexity index is 612. The largest absolute Gasteiger partial charge is 0.289 e. The molecule has 0 bridgehead atoms. The molecular formula is C16H14O.